The Balaban J connectivity index is 1.44. The Labute approximate surface area is 186 Å². The molecule has 0 aromatic heterocycles. The highest BCUT2D eigenvalue weighted by Gasteiger charge is 2.60. The van der Waals surface area contributed by atoms with E-state index in [1.807, 2.05) is 27.7 Å². The van der Waals surface area contributed by atoms with Crippen LogP contribution in [0.3, 0.4) is 0 Å². The van der Waals surface area contributed by atoms with Gasteiger partial charge in [0, 0.05) is 16.7 Å². The lowest BCUT2D eigenvalue weighted by Crippen LogP contribution is -2.55. The van der Waals surface area contributed by atoms with Crippen LogP contribution in [0.2, 0.25) is 0 Å². The molecule has 0 spiro atoms. The first-order chi connectivity index (χ1) is 14.5. The van der Waals surface area contributed by atoms with Crippen molar-refractivity contribution < 1.29 is 38.5 Å². The van der Waals surface area contributed by atoms with Gasteiger partial charge >= 0.3 is 5.97 Å². The first-order valence-corrected chi connectivity index (χ1v) is 12.0. The Kier molecular flexibility index (Phi) is 6.01. The molecule has 10 nitrogen and oxygen atoms in total. The van der Waals surface area contributed by atoms with Gasteiger partial charge in [0.25, 0.3) is 5.69 Å². The second-order valence-corrected chi connectivity index (χ2v) is 10.7. The zero-order valence-corrected chi connectivity index (χ0v) is 18.9. The van der Waals surface area contributed by atoms with E-state index in [4.69, 9.17) is 23.7 Å². The molecular weight excluding hydrogens is 450 g/mol. The van der Waals surface area contributed by atoms with Crippen molar-refractivity contribution in [2.75, 3.05) is 5.75 Å². The summed E-state index contributed by atoms with van der Waals surface area (Å²) in [4.78, 5) is 22.2. The standard InChI is InChI=1S/C19H23NO9S2/c1-18(2)26-13-12(25-17-15(14(13)27-18)28-19(3,4)29-17)8-30-31-9-5-6-11(20(23)24)10(7-9)16(21)22/h5-7,12-15,17H,8H2,1-4H3,(H,21,22)/t12-,13+,14+,15-,17?/m1/s1. The van der Waals surface area contributed by atoms with Crippen molar-refractivity contribution in [3.05, 3.63) is 33.9 Å². The van der Waals surface area contributed by atoms with Crippen molar-refractivity contribution >= 4 is 33.2 Å². The van der Waals surface area contributed by atoms with E-state index in [1.54, 1.807) is 0 Å². The number of hydrogen-bond donors (Lipinski definition) is 1. The Morgan fingerprint density at radius 2 is 1.74 bits per heavy atom. The van der Waals surface area contributed by atoms with E-state index in [1.165, 1.54) is 39.8 Å². The average molecular weight is 474 g/mol. The fourth-order valence-corrected chi connectivity index (χ4v) is 6.12. The van der Waals surface area contributed by atoms with Gasteiger partial charge in [-0.05, 0) is 39.8 Å². The molecule has 1 aromatic rings. The zero-order chi connectivity index (χ0) is 22.6. The first-order valence-electron chi connectivity index (χ1n) is 9.64. The van der Waals surface area contributed by atoms with E-state index < -0.39 is 40.5 Å². The molecule has 12 heteroatoms. The third-order valence-electron chi connectivity index (χ3n) is 5.03. The predicted molar refractivity (Wildman–Crippen MR) is 111 cm³/mol. The predicted octanol–water partition coefficient (Wildman–Crippen LogP) is 3.43. The van der Waals surface area contributed by atoms with E-state index in [2.05, 4.69) is 0 Å². The van der Waals surface area contributed by atoms with Crippen molar-refractivity contribution in [1.29, 1.82) is 0 Å². The Bertz CT molecular complexity index is 893. The summed E-state index contributed by atoms with van der Waals surface area (Å²) in [5, 5.41) is 20.3. The summed E-state index contributed by atoms with van der Waals surface area (Å²) < 4.78 is 30.1. The van der Waals surface area contributed by atoms with Gasteiger partial charge in [0.05, 0.1) is 11.0 Å². The molecule has 170 valence electrons. The van der Waals surface area contributed by atoms with E-state index in [-0.39, 0.29) is 23.9 Å². The van der Waals surface area contributed by atoms with Crippen LogP contribution in [0.1, 0.15) is 38.1 Å². The lowest BCUT2D eigenvalue weighted by atomic mass is 10.00. The number of nitro groups is 1. The summed E-state index contributed by atoms with van der Waals surface area (Å²) >= 11 is 0. The minimum absolute atomic E-state index is 0.343. The molecular formula is C19H23NO9S2. The number of hydrogen-bond acceptors (Lipinski definition) is 10. The number of carboxylic acids is 1. The molecule has 1 aromatic carbocycles. The SMILES string of the molecule is CC1(C)O[C@@H]2[C@H](O1)[C@H]1OC(C)(C)OC1O[C@@H]2CSSc1ccc([N+](=O)[O-])c(C(=O)O)c1. The van der Waals surface area contributed by atoms with Crippen LogP contribution in [0.25, 0.3) is 0 Å². The molecule has 1 unspecified atom stereocenters. The summed E-state index contributed by atoms with van der Waals surface area (Å²) in [5.74, 6) is -2.42. The lowest BCUT2D eigenvalue weighted by Gasteiger charge is -2.37. The molecule has 3 fully saturated rings. The highest BCUT2D eigenvalue weighted by molar-refractivity contribution is 8.76. The highest BCUT2D eigenvalue weighted by Crippen LogP contribution is 2.45. The van der Waals surface area contributed by atoms with Crippen molar-refractivity contribution in [2.45, 2.75) is 74.9 Å². The second kappa shape index (κ2) is 8.18. The van der Waals surface area contributed by atoms with Crippen molar-refractivity contribution in [2.24, 2.45) is 0 Å². The molecule has 0 saturated carbocycles. The Morgan fingerprint density at radius 1 is 1.10 bits per heavy atom. The summed E-state index contributed by atoms with van der Waals surface area (Å²) in [5.41, 5.74) is -0.786. The Morgan fingerprint density at radius 3 is 2.42 bits per heavy atom. The lowest BCUT2D eigenvalue weighted by molar-refractivity contribution is -0.385. The summed E-state index contributed by atoms with van der Waals surface area (Å²) in [7, 11) is 2.74. The number of nitrogens with zero attached hydrogens (tertiary/aromatic N) is 1. The molecule has 0 aliphatic carbocycles. The number of rotatable bonds is 6. The summed E-state index contributed by atoms with van der Waals surface area (Å²) in [6, 6.07) is 4.03. The molecule has 3 aliphatic heterocycles. The summed E-state index contributed by atoms with van der Waals surface area (Å²) in [6.07, 6.45) is -2.02. The topological polar surface area (TPSA) is 127 Å². The van der Waals surface area contributed by atoms with Crippen LogP contribution in [-0.4, -0.2) is 64.0 Å². The number of ether oxygens (including phenoxy) is 5. The number of carbonyl (C=O) groups is 1. The fourth-order valence-electron chi connectivity index (χ4n) is 3.89. The van der Waals surface area contributed by atoms with E-state index in [9.17, 15) is 20.0 Å². The molecule has 31 heavy (non-hydrogen) atoms. The van der Waals surface area contributed by atoms with E-state index >= 15 is 0 Å². The number of benzene rings is 1. The van der Waals surface area contributed by atoms with Gasteiger partial charge in [0.2, 0.25) is 0 Å². The van der Waals surface area contributed by atoms with Gasteiger partial charge in [-0.15, -0.1) is 0 Å². The normalized spacial score (nSPS) is 33.0. The third-order valence-corrected chi connectivity index (χ3v) is 7.40. The molecule has 4 rings (SSSR count). The van der Waals surface area contributed by atoms with Crippen LogP contribution >= 0.6 is 21.6 Å². The molecule has 3 heterocycles. The largest absolute Gasteiger partial charge is 0.477 e. The van der Waals surface area contributed by atoms with Crippen LogP contribution in [0.15, 0.2) is 23.1 Å². The van der Waals surface area contributed by atoms with Crippen LogP contribution in [0, 0.1) is 10.1 Å². The molecule has 0 amide bonds. The fraction of sp³-hybridized carbons (Fsp3) is 0.632. The third kappa shape index (κ3) is 4.70. The first kappa shape index (κ1) is 22.8. The second-order valence-electron chi connectivity index (χ2n) is 8.32. The zero-order valence-electron chi connectivity index (χ0n) is 17.3. The van der Waals surface area contributed by atoms with E-state index in [0.29, 0.717) is 10.6 Å². The van der Waals surface area contributed by atoms with Crippen LogP contribution in [0.4, 0.5) is 5.69 Å². The number of fused-ring (bicyclic) bond motifs is 3. The van der Waals surface area contributed by atoms with Crippen LogP contribution in [0.5, 0.6) is 0 Å². The average Bonchev–Trinajstić information content (AvgIpc) is 3.15. The number of aromatic carboxylic acids is 1. The van der Waals surface area contributed by atoms with Crippen LogP contribution in [-0.2, 0) is 23.7 Å². The number of carboxylic acid groups (broad SMARTS) is 1. The van der Waals surface area contributed by atoms with Crippen LogP contribution < -0.4 is 0 Å². The van der Waals surface area contributed by atoms with Gasteiger partial charge in [-0.2, -0.15) is 0 Å². The molecule has 3 aliphatic rings. The maximum Gasteiger partial charge on any atom is 0.342 e. The van der Waals surface area contributed by atoms with E-state index in [0.717, 1.165) is 0 Å². The van der Waals surface area contributed by atoms with Gasteiger partial charge in [0.1, 0.15) is 23.9 Å². The quantitative estimate of drug-likeness (QED) is 0.371. The molecule has 0 bridgehead atoms. The molecule has 0 radical (unpaired) electrons. The van der Waals surface area contributed by atoms with Crippen molar-refractivity contribution in [3.63, 3.8) is 0 Å². The molecule has 1 N–H and O–H groups in total. The summed E-state index contributed by atoms with van der Waals surface area (Å²) in [6.45, 7) is 7.31. The van der Waals surface area contributed by atoms with Gasteiger partial charge in [-0.1, -0.05) is 21.6 Å². The maximum atomic E-state index is 11.3. The van der Waals surface area contributed by atoms with Gasteiger partial charge in [-0.25, -0.2) is 4.79 Å². The van der Waals surface area contributed by atoms with Gasteiger partial charge < -0.3 is 28.8 Å². The molecule has 5 atom stereocenters. The van der Waals surface area contributed by atoms with Crippen molar-refractivity contribution in [3.8, 4) is 0 Å². The van der Waals surface area contributed by atoms with Crippen molar-refractivity contribution in [1.82, 2.24) is 0 Å². The van der Waals surface area contributed by atoms with Gasteiger partial charge in [-0.3, -0.25) is 10.1 Å². The smallest absolute Gasteiger partial charge is 0.342 e. The Hall–Kier alpha value is -1.41. The highest BCUT2D eigenvalue weighted by atomic mass is 33.1. The molecule has 3 saturated heterocycles. The minimum Gasteiger partial charge on any atom is -0.477 e. The minimum atomic E-state index is -1.34. The number of nitro benzene ring substituents is 1. The van der Waals surface area contributed by atoms with Gasteiger partial charge in [0.15, 0.2) is 17.9 Å². The maximum absolute atomic E-state index is 11.3. The monoisotopic (exact) mass is 473 g/mol.